The molecule has 1 atom stereocenters. The Morgan fingerprint density at radius 3 is 2.48 bits per heavy atom. The van der Waals surface area contributed by atoms with Crippen molar-refractivity contribution in [2.24, 2.45) is 0 Å². The number of aromatic carboxylic acids is 1. The average molecular weight is 316 g/mol. The van der Waals surface area contributed by atoms with Gasteiger partial charge in [0.15, 0.2) is 0 Å². The summed E-state index contributed by atoms with van der Waals surface area (Å²) in [5, 5.41) is 12.7. The summed E-state index contributed by atoms with van der Waals surface area (Å²) in [6.45, 7) is 3.84. The number of carbonyl (C=O) groups is 1. The molecule has 124 valence electrons. The smallest absolute Gasteiger partial charge is 0.335 e. The third kappa shape index (κ3) is 3.13. The van der Waals surface area contributed by atoms with Gasteiger partial charge in [-0.1, -0.05) is 12.1 Å². The van der Waals surface area contributed by atoms with E-state index in [2.05, 4.69) is 10.2 Å². The predicted molar refractivity (Wildman–Crippen MR) is 86.5 cm³/mol. The van der Waals surface area contributed by atoms with Crippen molar-refractivity contribution >= 4 is 5.97 Å². The van der Waals surface area contributed by atoms with Gasteiger partial charge < -0.3 is 15.2 Å². The number of rotatable bonds is 5. The van der Waals surface area contributed by atoms with Crippen LogP contribution in [0.5, 0.6) is 0 Å². The molecule has 1 aromatic carbocycles. The number of benzene rings is 1. The summed E-state index contributed by atoms with van der Waals surface area (Å²) in [7, 11) is 0. The minimum absolute atomic E-state index is 0.0756. The molecule has 1 aromatic rings. The summed E-state index contributed by atoms with van der Waals surface area (Å²) in [5.74, 6) is -0.868. The molecule has 5 nitrogen and oxygen atoms in total. The largest absolute Gasteiger partial charge is 0.478 e. The zero-order chi connectivity index (χ0) is 15.9. The summed E-state index contributed by atoms with van der Waals surface area (Å²) >= 11 is 0. The summed E-state index contributed by atoms with van der Waals surface area (Å²) in [4.78, 5) is 13.3. The van der Waals surface area contributed by atoms with E-state index in [1.54, 1.807) is 12.1 Å². The number of carboxylic acid groups (broad SMARTS) is 1. The maximum Gasteiger partial charge on any atom is 0.335 e. The number of hydrogen-bond donors (Lipinski definition) is 2. The molecule has 1 aliphatic carbocycles. The molecule has 2 heterocycles. The van der Waals surface area contributed by atoms with E-state index in [4.69, 9.17) is 9.84 Å². The topological polar surface area (TPSA) is 61.8 Å². The highest BCUT2D eigenvalue weighted by molar-refractivity contribution is 5.87. The van der Waals surface area contributed by atoms with Crippen LogP contribution in [-0.2, 0) is 11.3 Å². The van der Waals surface area contributed by atoms with Gasteiger partial charge in [0.25, 0.3) is 0 Å². The van der Waals surface area contributed by atoms with Crippen molar-refractivity contribution in [1.82, 2.24) is 10.2 Å². The molecular formula is C18H24N2O3. The van der Waals surface area contributed by atoms with E-state index in [0.717, 1.165) is 45.1 Å². The van der Waals surface area contributed by atoms with E-state index < -0.39 is 5.97 Å². The number of hydrogen-bond acceptors (Lipinski definition) is 4. The van der Waals surface area contributed by atoms with Gasteiger partial charge in [0.1, 0.15) is 0 Å². The molecule has 0 aromatic heterocycles. The van der Waals surface area contributed by atoms with Crippen molar-refractivity contribution in [3.05, 3.63) is 35.4 Å². The van der Waals surface area contributed by atoms with Crippen LogP contribution in [0.3, 0.4) is 0 Å². The van der Waals surface area contributed by atoms with Gasteiger partial charge in [-0.25, -0.2) is 4.79 Å². The van der Waals surface area contributed by atoms with E-state index in [1.165, 1.54) is 18.4 Å². The summed E-state index contributed by atoms with van der Waals surface area (Å²) < 4.78 is 5.99. The molecule has 23 heavy (non-hydrogen) atoms. The number of carboxylic acids is 1. The lowest BCUT2D eigenvalue weighted by molar-refractivity contribution is -0.201. The van der Waals surface area contributed by atoms with Crippen LogP contribution in [0.4, 0.5) is 0 Å². The Bertz CT molecular complexity index is 574. The van der Waals surface area contributed by atoms with Crippen LogP contribution in [-0.4, -0.2) is 53.4 Å². The van der Waals surface area contributed by atoms with Crippen molar-refractivity contribution in [3.63, 3.8) is 0 Å². The van der Waals surface area contributed by atoms with Crippen molar-refractivity contribution in [1.29, 1.82) is 0 Å². The van der Waals surface area contributed by atoms with Gasteiger partial charge >= 0.3 is 5.97 Å². The molecule has 5 heteroatoms. The molecule has 4 rings (SSSR count). The fourth-order valence-electron chi connectivity index (χ4n) is 3.73. The highest BCUT2D eigenvalue weighted by atomic mass is 16.5. The zero-order valence-corrected chi connectivity index (χ0v) is 13.3. The number of ether oxygens (including phenoxy) is 1. The Morgan fingerprint density at radius 2 is 1.96 bits per heavy atom. The first kappa shape index (κ1) is 15.1. The molecule has 2 N–H and O–H groups in total. The van der Waals surface area contributed by atoms with Crippen molar-refractivity contribution in [2.75, 3.05) is 19.7 Å². The molecule has 1 unspecified atom stereocenters. The van der Waals surface area contributed by atoms with E-state index in [9.17, 15) is 4.79 Å². The molecular weight excluding hydrogens is 292 g/mol. The van der Waals surface area contributed by atoms with E-state index in [0.29, 0.717) is 11.6 Å². The second-order valence-corrected chi connectivity index (χ2v) is 7.15. The monoisotopic (exact) mass is 316 g/mol. The summed E-state index contributed by atoms with van der Waals surface area (Å²) in [6.07, 6.45) is 4.82. The highest BCUT2D eigenvalue weighted by Gasteiger charge is 2.51. The van der Waals surface area contributed by atoms with Crippen LogP contribution in [0.15, 0.2) is 24.3 Å². The summed E-state index contributed by atoms with van der Waals surface area (Å²) in [6, 6.07) is 8.51. The Kier molecular flexibility index (Phi) is 3.87. The fraction of sp³-hybridized carbons (Fsp3) is 0.611. The lowest BCUT2D eigenvalue weighted by Crippen LogP contribution is -2.68. The quantitative estimate of drug-likeness (QED) is 0.868. The van der Waals surface area contributed by atoms with Gasteiger partial charge in [0.05, 0.1) is 23.8 Å². The summed E-state index contributed by atoms with van der Waals surface area (Å²) in [5.41, 5.74) is 1.60. The molecule has 2 saturated heterocycles. The van der Waals surface area contributed by atoms with Gasteiger partial charge in [-0.3, -0.25) is 4.90 Å². The molecule has 0 radical (unpaired) electrons. The second kappa shape index (κ2) is 5.89. The van der Waals surface area contributed by atoms with Gasteiger partial charge in [-0.2, -0.15) is 0 Å². The Morgan fingerprint density at radius 1 is 1.26 bits per heavy atom. The van der Waals surface area contributed by atoms with Crippen LogP contribution in [0, 0.1) is 0 Å². The van der Waals surface area contributed by atoms with Crippen molar-refractivity contribution in [2.45, 2.75) is 49.9 Å². The molecule has 0 bridgehead atoms. The van der Waals surface area contributed by atoms with Crippen molar-refractivity contribution < 1.29 is 14.6 Å². The SMILES string of the molecule is O=C(O)c1ccc(CN2CCC3(CC2)OCC3NC2CC2)cc1. The maximum absolute atomic E-state index is 10.9. The van der Waals surface area contributed by atoms with E-state index >= 15 is 0 Å². The lowest BCUT2D eigenvalue weighted by Gasteiger charge is -2.53. The minimum Gasteiger partial charge on any atom is -0.478 e. The normalized spacial score (nSPS) is 26.9. The highest BCUT2D eigenvalue weighted by Crippen LogP contribution is 2.39. The molecule has 2 aliphatic heterocycles. The lowest BCUT2D eigenvalue weighted by atomic mass is 9.80. The second-order valence-electron chi connectivity index (χ2n) is 7.15. The third-order valence-corrected chi connectivity index (χ3v) is 5.50. The van der Waals surface area contributed by atoms with Crippen LogP contribution in [0.25, 0.3) is 0 Å². The molecule has 1 spiro atoms. The van der Waals surface area contributed by atoms with E-state index in [-0.39, 0.29) is 5.60 Å². The number of nitrogens with one attached hydrogen (secondary N) is 1. The molecule has 3 aliphatic rings. The van der Waals surface area contributed by atoms with Gasteiger partial charge in [-0.05, 0) is 43.4 Å². The number of likely N-dealkylation sites (tertiary alicyclic amines) is 1. The fourth-order valence-corrected chi connectivity index (χ4v) is 3.73. The first-order chi connectivity index (χ1) is 11.1. The minimum atomic E-state index is -0.868. The first-order valence-corrected chi connectivity index (χ1v) is 8.59. The van der Waals surface area contributed by atoms with Crippen LogP contribution in [0.2, 0.25) is 0 Å². The van der Waals surface area contributed by atoms with Gasteiger partial charge in [0, 0.05) is 25.7 Å². The van der Waals surface area contributed by atoms with Crippen LogP contribution >= 0.6 is 0 Å². The Labute approximate surface area is 136 Å². The maximum atomic E-state index is 10.9. The third-order valence-electron chi connectivity index (χ3n) is 5.50. The van der Waals surface area contributed by atoms with Gasteiger partial charge in [-0.15, -0.1) is 0 Å². The van der Waals surface area contributed by atoms with Crippen LogP contribution in [0.1, 0.15) is 41.6 Å². The zero-order valence-electron chi connectivity index (χ0n) is 13.3. The first-order valence-electron chi connectivity index (χ1n) is 8.59. The predicted octanol–water partition coefficient (Wildman–Crippen LogP) is 1.87. The average Bonchev–Trinajstić information content (AvgIpc) is 3.37. The Hall–Kier alpha value is -1.43. The number of nitrogens with zero attached hydrogens (tertiary/aromatic N) is 1. The van der Waals surface area contributed by atoms with Gasteiger partial charge in [0.2, 0.25) is 0 Å². The Balaban J connectivity index is 1.30. The van der Waals surface area contributed by atoms with Crippen molar-refractivity contribution in [3.8, 4) is 0 Å². The standard InChI is InChI=1S/C18H24N2O3/c21-17(22)14-3-1-13(2-4-14)11-20-9-7-18(8-10-20)16(12-23-18)19-15-5-6-15/h1-4,15-16,19H,5-12H2,(H,21,22). The van der Waals surface area contributed by atoms with Crippen LogP contribution < -0.4 is 5.32 Å². The van der Waals surface area contributed by atoms with E-state index in [1.807, 2.05) is 12.1 Å². The molecule has 1 saturated carbocycles. The molecule has 0 amide bonds. The molecule has 3 fully saturated rings. The number of piperidine rings is 1.